The van der Waals surface area contributed by atoms with Crippen molar-refractivity contribution in [1.29, 1.82) is 0 Å². The molecule has 2 rings (SSSR count). The zero-order valence-electron chi connectivity index (χ0n) is 7.92. The summed E-state index contributed by atoms with van der Waals surface area (Å²) in [6.45, 7) is 0. The number of nitroso groups, excluding NO2 is 1. The SMILES string of the molecule is O=Nc1c(O)c(=O)[nH]c2cc(Cl)c(Cl)c(Cl)c12. The van der Waals surface area contributed by atoms with Crippen LogP contribution >= 0.6 is 34.8 Å². The number of H-pyrrole nitrogens is 1. The van der Waals surface area contributed by atoms with Gasteiger partial charge in [0.2, 0.25) is 5.75 Å². The van der Waals surface area contributed by atoms with Crippen LogP contribution in [0.1, 0.15) is 0 Å². The Morgan fingerprint density at radius 3 is 2.47 bits per heavy atom. The van der Waals surface area contributed by atoms with E-state index in [1.165, 1.54) is 6.07 Å². The lowest BCUT2D eigenvalue weighted by Gasteiger charge is -2.07. The molecule has 0 amide bonds. The molecule has 0 radical (unpaired) electrons. The van der Waals surface area contributed by atoms with Crippen LogP contribution in [0.2, 0.25) is 15.1 Å². The van der Waals surface area contributed by atoms with Gasteiger partial charge in [-0.05, 0) is 11.2 Å². The Labute approximate surface area is 109 Å². The molecule has 5 nitrogen and oxygen atoms in total. The van der Waals surface area contributed by atoms with Crippen molar-refractivity contribution in [3.05, 3.63) is 36.4 Å². The van der Waals surface area contributed by atoms with E-state index < -0.39 is 17.0 Å². The van der Waals surface area contributed by atoms with Crippen LogP contribution in [0.3, 0.4) is 0 Å². The Bertz CT molecular complexity index is 696. The quantitative estimate of drug-likeness (QED) is 0.622. The molecule has 88 valence electrons. The van der Waals surface area contributed by atoms with Gasteiger partial charge in [-0.3, -0.25) is 4.79 Å². The molecule has 0 unspecified atom stereocenters. The van der Waals surface area contributed by atoms with Gasteiger partial charge in [0.05, 0.1) is 26.0 Å². The summed E-state index contributed by atoms with van der Waals surface area (Å²) in [7, 11) is 0. The zero-order valence-corrected chi connectivity index (χ0v) is 10.2. The summed E-state index contributed by atoms with van der Waals surface area (Å²) in [5, 5.41) is 12.1. The Kier molecular flexibility index (Phi) is 2.99. The van der Waals surface area contributed by atoms with Crippen molar-refractivity contribution in [2.24, 2.45) is 5.18 Å². The molecule has 17 heavy (non-hydrogen) atoms. The van der Waals surface area contributed by atoms with E-state index in [2.05, 4.69) is 10.2 Å². The van der Waals surface area contributed by atoms with Crippen molar-refractivity contribution in [3.8, 4) is 5.75 Å². The van der Waals surface area contributed by atoms with Gasteiger partial charge in [0, 0.05) is 0 Å². The number of benzene rings is 1. The number of aromatic amines is 1. The molecule has 0 spiro atoms. The van der Waals surface area contributed by atoms with Crippen molar-refractivity contribution in [1.82, 2.24) is 4.98 Å². The van der Waals surface area contributed by atoms with Gasteiger partial charge in [-0.15, -0.1) is 4.91 Å². The smallest absolute Gasteiger partial charge is 0.292 e. The van der Waals surface area contributed by atoms with Gasteiger partial charge in [0.15, 0.2) is 5.69 Å². The monoisotopic (exact) mass is 292 g/mol. The van der Waals surface area contributed by atoms with Crippen molar-refractivity contribution < 1.29 is 5.11 Å². The van der Waals surface area contributed by atoms with Crippen molar-refractivity contribution in [2.45, 2.75) is 0 Å². The van der Waals surface area contributed by atoms with Crippen molar-refractivity contribution >= 4 is 51.4 Å². The first-order valence-corrected chi connectivity index (χ1v) is 5.36. The predicted molar refractivity (Wildman–Crippen MR) is 66.7 cm³/mol. The molecular formula is C9H3Cl3N2O3. The number of pyridine rings is 1. The molecule has 0 atom stereocenters. The Hall–Kier alpha value is -1.30. The fourth-order valence-corrected chi connectivity index (χ4v) is 2.12. The largest absolute Gasteiger partial charge is 0.501 e. The number of halogens is 3. The molecule has 2 N–H and O–H groups in total. The lowest BCUT2D eigenvalue weighted by atomic mass is 10.2. The van der Waals surface area contributed by atoms with Crippen LogP contribution in [-0.2, 0) is 0 Å². The summed E-state index contributed by atoms with van der Waals surface area (Å²) < 4.78 is 0. The Morgan fingerprint density at radius 1 is 1.24 bits per heavy atom. The van der Waals surface area contributed by atoms with E-state index in [1.54, 1.807) is 0 Å². The maximum absolute atomic E-state index is 11.3. The lowest BCUT2D eigenvalue weighted by Crippen LogP contribution is -2.05. The number of nitrogens with zero attached hydrogens (tertiary/aromatic N) is 1. The highest BCUT2D eigenvalue weighted by molar-refractivity contribution is 6.50. The molecule has 0 saturated heterocycles. The number of hydrogen-bond donors (Lipinski definition) is 2. The number of rotatable bonds is 1. The molecule has 1 aromatic carbocycles. The molecule has 0 bridgehead atoms. The summed E-state index contributed by atoms with van der Waals surface area (Å²) >= 11 is 17.5. The van der Waals surface area contributed by atoms with Crippen LogP contribution in [0, 0.1) is 4.91 Å². The average Bonchev–Trinajstić information content (AvgIpc) is 2.29. The van der Waals surface area contributed by atoms with Crippen LogP contribution in [-0.4, -0.2) is 10.1 Å². The van der Waals surface area contributed by atoms with E-state index >= 15 is 0 Å². The fraction of sp³-hybridized carbons (Fsp3) is 0. The van der Waals surface area contributed by atoms with Gasteiger partial charge in [0.25, 0.3) is 5.56 Å². The van der Waals surface area contributed by atoms with Gasteiger partial charge in [0.1, 0.15) is 0 Å². The molecule has 0 aliphatic carbocycles. The molecule has 1 heterocycles. The van der Waals surface area contributed by atoms with E-state index in [9.17, 15) is 14.8 Å². The first-order valence-electron chi connectivity index (χ1n) is 4.23. The molecule has 2 aromatic rings. The molecule has 1 aromatic heterocycles. The van der Waals surface area contributed by atoms with Gasteiger partial charge < -0.3 is 10.1 Å². The fourth-order valence-electron chi connectivity index (χ4n) is 1.42. The Morgan fingerprint density at radius 2 is 1.88 bits per heavy atom. The van der Waals surface area contributed by atoms with Crippen LogP contribution in [0.15, 0.2) is 16.0 Å². The van der Waals surface area contributed by atoms with Gasteiger partial charge >= 0.3 is 0 Å². The number of fused-ring (bicyclic) bond motifs is 1. The maximum atomic E-state index is 11.3. The number of aromatic hydroxyl groups is 1. The summed E-state index contributed by atoms with van der Waals surface area (Å²) in [5.41, 5.74) is -1.16. The second kappa shape index (κ2) is 4.18. The number of hydrogen-bond acceptors (Lipinski definition) is 4. The third-order valence-electron chi connectivity index (χ3n) is 2.18. The highest BCUT2D eigenvalue weighted by Gasteiger charge is 2.18. The normalized spacial score (nSPS) is 10.8. The van der Waals surface area contributed by atoms with Crippen molar-refractivity contribution in [2.75, 3.05) is 0 Å². The van der Waals surface area contributed by atoms with E-state index in [1.807, 2.05) is 0 Å². The predicted octanol–water partition coefficient (Wildman–Crippen LogP) is 3.59. The highest BCUT2D eigenvalue weighted by atomic mass is 35.5. The van der Waals surface area contributed by atoms with Crippen molar-refractivity contribution in [3.63, 3.8) is 0 Å². The van der Waals surface area contributed by atoms with Gasteiger partial charge in [-0.2, -0.15) is 0 Å². The molecule has 8 heteroatoms. The third kappa shape index (κ3) is 1.76. The second-order valence-electron chi connectivity index (χ2n) is 3.15. The minimum absolute atomic E-state index is 0.0113. The minimum Gasteiger partial charge on any atom is -0.501 e. The van der Waals surface area contributed by atoms with E-state index in [-0.39, 0.29) is 26.0 Å². The lowest BCUT2D eigenvalue weighted by molar-refractivity contribution is 0.469. The molecule has 0 fully saturated rings. The first kappa shape index (κ1) is 12.2. The first-order chi connectivity index (χ1) is 7.97. The topological polar surface area (TPSA) is 82.5 Å². The number of nitrogens with one attached hydrogen (secondary N) is 1. The van der Waals surface area contributed by atoms with Crippen LogP contribution < -0.4 is 5.56 Å². The van der Waals surface area contributed by atoms with Gasteiger partial charge in [-0.25, -0.2) is 0 Å². The standard InChI is InChI=1S/C9H3Cl3N2O3/c10-2-1-3-4(6(12)5(2)11)7(14-17)8(15)9(16)13-3/h1,15H,(H,13,16). The zero-order chi connectivity index (χ0) is 12.7. The average molecular weight is 293 g/mol. The van der Waals surface area contributed by atoms with E-state index in [4.69, 9.17) is 34.8 Å². The Balaban J connectivity index is 3.13. The third-order valence-corrected chi connectivity index (χ3v) is 3.44. The highest BCUT2D eigenvalue weighted by Crippen LogP contribution is 2.42. The molecule has 0 saturated carbocycles. The van der Waals surface area contributed by atoms with Crippen LogP contribution in [0.25, 0.3) is 10.9 Å². The van der Waals surface area contributed by atoms with E-state index in [0.29, 0.717) is 0 Å². The summed E-state index contributed by atoms with van der Waals surface area (Å²) in [6, 6.07) is 1.32. The summed E-state index contributed by atoms with van der Waals surface area (Å²) in [4.78, 5) is 24.3. The molecular weight excluding hydrogens is 290 g/mol. The second-order valence-corrected chi connectivity index (χ2v) is 4.31. The summed E-state index contributed by atoms with van der Waals surface area (Å²) in [6.07, 6.45) is 0. The summed E-state index contributed by atoms with van der Waals surface area (Å²) in [5.74, 6) is -0.812. The molecule has 0 aliphatic heterocycles. The van der Waals surface area contributed by atoms with E-state index in [0.717, 1.165) is 0 Å². The maximum Gasteiger partial charge on any atom is 0.292 e. The molecule has 0 aliphatic rings. The van der Waals surface area contributed by atoms with Gasteiger partial charge in [-0.1, -0.05) is 34.8 Å². The van der Waals surface area contributed by atoms with Crippen LogP contribution in [0.4, 0.5) is 5.69 Å². The minimum atomic E-state index is -0.860. The van der Waals surface area contributed by atoms with Crippen LogP contribution in [0.5, 0.6) is 5.75 Å². The number of aromatic nitrogens is 1.